The zero-order valence-corrected chi connectivity index (χ0v) is 12.4. The fourth-order valence-electron chi connectivity index (χ4n) is 2.28. The predicted molar refractivity (Wildman–Crippen MR) is 84.9 cm³/mol. The molecule has 114 valence electrons. The van der Waals surface area contributed by atoms with Crippen LogP contribution in [0.1, 0.15) is 5.56 Å². The topological polar surface area (TPSA) is 74.7 Å². The summed E-state index contributed by atoms with van der Waals surface area (Å²) in [6.45, 7) is 0. The third kappa shape index (κ3) is 2.51. The smallest absolute Gasteiger partial charge is 0.306 e. The molecule has 3 rings (SSSR count). The molecule has 0 spiro atoms. The van der Waals surface area contributed by atoms with Gasteiger partial charge in [0.2, 0.25) is 0 Å². The lowest BCUT2D eigenvalue weighted by atomic mass is 10.1. The summed E-state index contributed by atoms with van der Waals surface area (Å²) in [4.78, 5) is 37.4. The van der Waals surface area contributed by atoms with E-state index in [0.717, 1.165) is 4.90 Å². The highest BCUT2D eigenvalue weighted by Crippen LogP contribution is 2.28. The van der Waals surface area contributed by atoms with Crippen LogP contribution in [0.15, 0.2) is 60.2 Å². The fourth-order valence-corrected chi connectivity index (χ4v) is 2.41. The second-order valence-electron chi connectivity index (χ2n) is 4.84. The largest absolute Gasteiger partial charge is 0.506 e. The molecule has 0 bridgehead atoms. The number of halogens is 1. The van der Waals surface area contributed by atoms with Gasteiger partial charge in [0.15, 0.2) is 0 Å². The van der Waals surface area contributed by atoms with Gasteiger partial charge in [0.05, 0.1) is 5.69 Å². The molecule has 2 aromatic carbocycles. The summed E-state index contributed by atoms with van der Waals surface area (Å²) < 4.78 is 0. The standard InChI is InChI=1S/C17H10ClNO4/c18-11-8-6-10(7-9-11)14(20)13-15(21)17(23)19(16(13)22)12-4-2-1-3-5-12/h1-9,20H/b14-13-. The summed E-state index contributed by atoms with van der Waals surface area (Å²) in [5.74, 6) is -3.41. The fraction of sp³-hybridized carbons (Fsp3) is 0. The van der Waals surface area contributed by atoms with E-state index in [1.807, 2.05) is 0 Å². The van der Waals surface area contributed by atoms with Crippen molar-refractivity contribution in [1.29, 1.82) is 0 Å². The monoisotopic (exact) mass is 327 g/mol. The lowest BCUT2D eigenvalue weighted by Gasteiger charge is -2.11. The number of para-hydroxylation sites is 1. The van der Waals surface area contributed by atoms with Crippen molar-refractivity contribution in [2.75, 3.05) is 4.90 Å². The molecule has 5 nitrogen and oxygen atoms in total. The Bertz CT molecular complexity index is 841. The second-order valence-corrected chi connectivity index (χ2v) is 5.28. The van der Waals surface area contributed by atoms with E-state index in [-0.39, 0.29) is 11.3 Å². The van der Waals surface area contributed by atoms with Crippen LogP contribution in [0.25, 0.3) is 5.76 Å². The highest BCUT2D eigenvalue weighted by atomic mass is 35.5. The molecule has 2 amide bonds. The third-order valence-corrected chi connectivity index (χ3v) is 3.66. The van der Waals surface area contributed by atoms with Crippen LogP contribution >= 0.6 is 11.6 Å². The van der Waals surface area contributed by atoms with Gasteiger partial charge >= 0.3 is 5.91 Å². The van der Waals surface area contributed by atoms with Gasteiger partial charge < -0.3 is 5.11 Å². The van der Waals surface area contributed by atoms with Crippen LogP contribution < -0.4 is 4.90 Å². The third-order valence-electron chi connectivity index (χ3n) is 3.41. The van der Waals surface area contributed by atoms with Gasteiger partial charge in [0.25, 0.3) is 11.7 Å². The number of rotatable bonds is 2. The summed E-state index contributed by atoms with van der Waals surface area (Å²) in [5.41, 5.74) is -0.0373. The van der Waals surface area contributed by atoms with Crippen LogP contribution in [-0.4, -0.2) is 22.7 Å². The lowest BCUT2D eigenvalue weighted by molar-refractivity contribution is -0.132. The minimum absolute atomic E-state index is 0.230. The summed E-state index contributed by atoms with van der Waals surface area (Å²) >= 11 is 5.77. The maximum atomic E-state index is 12.4. The van der Waals surface area contributed by atoms with Crippen molar-refractivity contribution in [3.8, 4) is 0 Å². The Balaban J connectivity index is 2.09. The number of carbonyl (C=O) groups is 3. The first-order valence-corrected chi connectivity index (χ1v) is 7.06. The number of Topliss-reactive ketones (excluding diaryl/α,β-unsaturated/α-hetero) is 1. The van der Waals surface area contributed by atoms with Crippen molar-refractivity contribution in [3.63, 3.8) is 0 Å². The van der Waals surface area contributed by atoms with Gasteiger partial charge in [0, 0.05) is 10.6 Å². The number of aliphatic hydroxyl groups excluding tert-OH is 1. The summed E-state index contributed by atoms with van der Waals surface area (Å²) in [7, 11) is 0. The van der Waals surface area contributed by atoms with E-state index in [9.17, 15) is 19.5 Å². The van der Waals surface area contributed by atoms with E-state index < -0.39 is 28.9 Å². The minimum Gasteiger partial charge on any atom is -0.506 e. The molecule has 6 heteroatoms. The number of hydrogen-bond acceptors (Lipinski definition) is 4. The number of amides is 2. The lowest BCUT2D eigenvalue weighted by Crippen LogP contribution is -2.30. The van der Waals surface area contributed by atoms with Crippen molar-refractivity contribution in [2.24, 2.45) is 0 Å². The van der Waals surface area contributed by atoms with E-state index in [1.54, 1.807) is 18.2 Å². The Morgan fingerprint density at radius 2 is 1.48 bits per heavy atom. The highest BCUT2D eigenvalue weighted by molar-refractivity contribution is 6.64. The molecule has 2 aromatic rings. The van der Waals surface area contributed by atoms with Crippen LogP contribution in [0.5, 0.6) is 0 Å². The van der Waals surface area contributed by atoms with Crippen LogP contribution in [0, 0.1) is 0 Å². The quantitative estimate of drug-likeness (QED) is 0.302. The van der Waals surface area contributed by atoms with Crippen LogP contribution in [-0.2, 0) is 14.4 Å². The summed E-state index contributed by atoms with van der Waals surface area (Å²) in [6.07, 6.45) is 0. The first-order valence-electron chi connectivity index (χ1n) is 6.68. The first kappa shape index (κ1) is 15.0. The molecule has 1 heterocycles. The molecule has 1 fully saturated rings. The number of hydrogen-bond donors (Lipinski definition) is 1. The molecule has 0 unspecified atom stereocenters. The van der Waals surface area contributed by atoms with E-state index in [0.29, 0.717) is 5.02 Å². The molecular weight excluding hydrogens is 318 g/mol. The van der Waals surface area contributed by atoms with Gasteiger partial charge in [-0.3, -0.25) is 14.4 Å². The Kier molecular flexibility index (Phi) is 3.72. The number of imide groups is 1. The molecule has 0 atom stereocenters. The van der Waals surface area contributed by atoms with Crippen LogP contribution in [0.4, 0.5) is 5.69 Å². The van der Waals surface area contributed by atoms with E-state index in [1.165, 1.54) is 36.4 Å². The molecule has 1 saturated heterocycles. The SMILES string of the molecule is O=C1C(=O)N(c2ccccc2)C(=O)/C1=C(\O)c1ccc(Cl)cc1. The van der Waals surface area contributed by atoms with E-state index in [2.05, 4.69) is 0 Å². The van der Waals surface area contributed by atoms with Crippen molar-refractivity contribution in [3.05, 3.63) is 70.8 Å². The van der Waals surface area contributed by atoms with Crippen LogP contribution in [0.3, 0.4) is 0 Å². The van der Waals surface area contributed by atoms with Gasteiger partial charge in [-0.2, -0.15) is 0 Å². The number of nitrogens with zero attached hydrogens (tertiary/aromatic N) is 1. The molecule has 23 heavy (non-hydrogen) atoms. The average Bonchev–Trinajstić information content (AvgIpc) is 2.78. The Morgan fingerprint density at radius 1 is 0.870 bits per heavy atom. The van der Waals surface area contributed by atoms with E-state index >= 15 is 0 Å². The van der Waals surface area contributed by atoms with Gasteiger partial charge in [-0.1, -0.05) is 29.8 Å². The van der Waals surface area contributed by atoms with Crippen molar-refractivity contribution < 1.29 is 19.5 Å². The number of aliphatic hydroxyl groups is 1. The summed E-state index contributed by atoms with van der Waals surface area (Å²) in [5, 5.41) is 10.7. The maximum absolute atomic E-state index is 12.4. The molecule has 0 aliphatic carbocycles. The predicted octanol–water partition coefficient (Wildman–Crippen LogP) is 2.75. The highest BCUT2D eigenvalue weighted by Gasteiger charge is 2.45. The number of carbonyl (C=O) groups excluding carboxylic acids is 3. The van der Waals surface area contributed by atoms with Gasteiger partial charge in [-0.25, -0.2) is 4.90 Å². The average molecular weight is 328 g/mol. The van der Waals surface area contributed by atoms with Crippen molar-refractivity contribution >= 4 is 40.6 Å². The Labute approximate surface area is 136 Å². The van der Waals surface area contributed by atoms with Gasteiger partial charge in [0.1, 0.15) is 11.3 Å². The Hall–Kier alpha value is -2.92. The first-order chi connectivity index (χ1) is 11.0. The minimum atomic E-state index is -1.04. The maximum Gasteiger partial charge on any atom is 0.306 e. The number of ketones is 1. The van der Waals surface area contributed by atoms with Crippen molar-refractivity contribution in [2.45, 2.75) is 0 Å². The van der Waals surface area contributed by atoms with Gasteiger partial charge in [-0.05, 0) is 36.4 Å². The number of anilines is 1. The second kappa shape index (κ2) is 5.70. The molecule has 0 saturated carbocycles. The zero-order chi connectivity index (χ0) is 16.6. The molecule has 1 N–H and O–H groups in total. The molecular formula is C17H10ClNO4. The van der Waals surface area contributed by atoms with Gasteiger partial charge in [-0.15, -0.1) is 0 Å². The molecule has 0 radical (unpaired) electrons. The van der Waals surface area contributed by atoms with Crippen molar-refractivity contribution in [1.82, 2.24) is 0 Å². The zero-order valence-electron chi connectivity index (χ0n) is 11.7. The number of benzene rings is 2. The Morgan fingerprint density at radius 3 is 2.09 bits per heavy atom. The normalized spacial score (nSPS) is 16.9. The summed E-state index contributed by atoms with van der Waals surface area (Å²) in [6, 6.07) is 14.0. The molecule has 0 aromatic heterocycles. The molecule has 1 aliphatic heterocycles. The van der Waals surface area contributed by atoms with Crippen LogP contribution in [0.2, 0.25) is 5.02 Å². The molecule has 1 aliphatic rings. The van der Waals surface area contributed by atoms with E-state index in [4.69, 9.17) is 11.6 Å².